The van der Waals surface area contributed by atoms with E-state index in [1.165, 1.54) is 11.8 Å². The number of carbonyl (C=O) groups excluding carboxylic acids is 1. The standard InChI is InChI=1S/C18H17F3N2OS/c1-22(2)13-5-3-12(4-6-13)18-23(16(24)10-25-18)9-11-7-14(19)17(21)15(20)8-11/h3-8,18H,9-10H2,1-2H3. The van der Waals surface area contributed by atoms with Crippen molar-refractivity contribution in [2.24, 2.45) is 0 Å². The number of nitrogens with zero attached hydrogens (tertiary/aromatic N) is 2. The van der Waals surface area contributed by atoms with Crippen LogP contribution in [0.15, 0.2) is 36.4 Å². The molecule has 132 valence electrons. The molecule has 0 N–H and O–H groups in total. The van der Waals surface area contributed by atoms with Crippen LogP contribution in [-0.4, -0.2) is 30.7 Å². The molecule has 1 aliphatic heterocycles. The number of halogens is 3. The van der Waals surface area contributed by atoms with E-state index in [1.807, 2.05) is 43.3 Å². The molecule has 7 heteroatoms. The van der Waals surface area contributed by atoms with Crippen molar-refractivity contribution in [2.45, 2.75) is 11.9 Å². The topological polar surface area (TPSA) is 23.6 Å². The second-order valence-corrected chi connectivity index (χ2v) is 7.11. The summed E-state index contributed by atoms with van der Waals surface area (Å²) in [5.74, 6) is -3.81. The minimum absolute atomic E-state index is 0.0278. The highest BCUT2D eigenvalue weighted by atomic mass is 32.2. The van der Waals surface area contributed by atoms with Crippen LogP contribution in [0.1, 0.15) is 16.5 Å². The Bertz CT molecular complexity index is 772. The first kappa shape index (κ1) is 17.7. The van der Waals surface area contributed by atoms with Crippen LogP contribution in [0.2, 0.25) is 0 Å². The summed E-state index contributed by atoms with van der Waals surface area (Å²) in [5, 5.41) is -0.236. The Morgan fingerprint density at radius 1 is 1.12 bits per heavy atom. The lowest BCUT2D eigenvalue weighted by Crippen LogP contribution is -2.27. The Morgan fingerprint density at radius 2 is 1.72 bits per heavy atom. The van der Waals surface area contributed by atoms with Gasteiger partial charge in [0.15, 0.2) is 17.5 Å². The van der Waals surface area contributed by atoms with Crippen LogP contribution in [0, 0.1) is 17.5 Å². The minimum atomic E-state index is -1.50. The molecular weight excluding hydrogens is 349 g/mol. The maximum Gasteiger partial charge on any atom is 0.234 e. The molecule has 3 nitrogen and oxygen atoms in total. The number of rotatable bonds is 4. The summed E-state index contributed by atoms with van der Waals surface area (Å²) in [4.78, 5) is 15.7. The zero-order valence-electron chi connectivity index (χ0n) is 13.8. The van der Waals surface area contributed by atoms with E-state index in [0.29, 0.717) is 5.75 Å². The lowest BCUT2D eigenvalue weighted by atomic mass is 10.1. The largest absolute Gasteiger partial charge is 0.378 e. The highest BCUT2D eigenvalue weighted by molar-refractivity contribution is 8.00. The van der Waals surface area contributed by atoms with Gasteiger partial charge in [-0.1, -0.05) is 12.1 Å². The third-order valence-corrected chi connectivity index (χ3v) is 5.32. The lowest BCUT2D eigenvalue weighted by molar-refractivity contribution is -0.128. The molecule has 1 saturated heterocycles. The van der Waals surface area contributed by atoms with Gasteiger partial charge in [0, 0.05) is 26.3 Å². The first-order chi connectivity index (χ1) is 11.9. The summed E-state index contributed by atoms with van der Waals surface area (Å²) in [6, 6.07) is 9.64. The van der Waals surface area contributed by atoms with Gasteiger partial charge in [-0.25, -0.2) is 13.2 Å². The third kappa shape index (κ3) is 3.61. The third-order valence-electron chi connectivity index (χ3n) is 4.06. The predicted octanol–water partition coefficient (Wildman–Crippen LogP) is 3.94. The quantitative estimate of drug-likeness (QED) is 0.766. The fourth-order valence-corrected chi connectivity index (χ4v) is 3.92. The number of hydrogen-bond acceptors (Lipinski definition) is 3. The van der Waals surface area contributed by atoms with Gasteiger partial charge in [0.2, 0.25) is 5.91 Å². The predicted molar refractivity (Wildman–Crippen MR) is 92.8 cm³/mol. The molecule has 0 saturated carbocycles. The molecule has 0 aliphatic carbocycles. The van der Waals surface area contributed by atoms with Crippen LogP contribution in [-0.2, 0) is 11.3 Å². The van der Waals surface area contributed by atoms with Crippen LogP contribution in [0.25, 0.3) is 0 Å². The second-order valence-electron chi connectivity index (χ2n) is 6.04. The molecule has 1 fully saturated rings. The monoisotopic (exact) mass is 366 g/mol. The van der Waals surface area contributed by atoms with Crippen LogP contribution in [0.3, 0.4) is 0 Å². The molecule has 0 bridgehead atoms. The maximum absolute atomic E-state index is 13.4. The average Bonchev–Trinajstić information content (AvgIpc) is 2.93. The summed E-state index contributed by atoms with van der Waals surface area (Å²) < 4.78 is 40.0. The van der Waals surface area contributed by atoms with Gasteiger partial charge >= 0.3 is 0 Å². The van der Waals surface area contributed by atoms with Gasteiger partial charge in [-0.3, -0.25) is 4.79 Å². The Kier molecular flexibility index (Phi) is 4.94. The van der Waals surface area contributed by atoms with E-state index in [-0.39, 0.29) is 23.4 Å². The molecule has 1 heterocycles. The SMILES string of the molecule is CN(C)c1ccc(C2SCC(=O)N2Cc2cc(F)c(F)c(F)c2)cc1. The molecule has 1 atom stereocenters. The van der Waals surface area contributed by atoms with Crippen molar-refractivity contribution < 1.29 is 18.0 Å². The summed E-state index contributed by atoms with van der Waals surface area (Å²) in [6.45, 7) is 0.0278. The molecule has 3 rings (SSSR count). The fraction of sp³-hybridized carbons (Fsp3) is 0.278. The van der Waals surface area contributed by atoms with E-state index in [2.05, 4.69) is 0 Å². The number of hydrogen-bond donors (Lipinski definition) is 0. The zero-order valence-corrected chi connectivity index (χ0v) is 14.6. The number of anilines is 1. The molecule has 0 spiro atoms. The zero-order chi connectivity index (χ0) is 18.1. The Labute approximate surface area is 148 Å². The molecule has 1 amide bonds. The second kappa shape index (κ2) is 7.00. The molecule has 1 unspecified atom stereocenters. The van der Waals surface area contributed by atoms with E-state index in [0.717, 1.165) is 23.4 Å². The van der Waals surface area contributed by atoms with E-state index >= 15 is 0 Å². The molecule has 1 aliphatic rings. The van der Waals surface area contributed by atoms with Crippen LogP contribution >= 0.6 is 11.8 Å². The minimum Gasteiger partial charge on any atom is -0.378 e. The summed E-state index contributed by atoms with van der Waals surface area (Å²) in [7, 11) is 3.87. The highest BCUT2D eigenvalue weighted by Gasteiger charge is 2.33. The Morgan fingerprint density at radius 3 is 2.28 bits per heavy atom. The van der Waals surface area contributed by atoms with Crippen molar-refractivity contribution >= 4 is 23.4 Å². The molecule has 2 aromatic carbocycles. The molecule has 2 aromatic rings. The van der Waals surface area contributed by atoms with E-state index in [1.54, 1.807) is 4.90 Å². The number of amides is 1. The smallest absolute Gasteiger partial charge is 0.234 e. The molecule has 0 aromatic heterocycles. The van der Waals surface area contributed by atoms with E-state index in [9.17, 15) is 18.0 Å². The van der Waals surface area contributed by atoms with Gasteiger partial charge in [0.05, 0.1) is 5.75 Å². The lowest BCUT2D eigenvalue weighted by Gasteiger charge is -2.25. The van der Waals surface area contributed by atoms with Gasteiger partial charge in [0.1, 0.15) is 5.37 Å². The van der Waals surface area contributed by atoms with Crippen molar-refractivity contribution in [2.75, 3.05) is 24.7 Å². The summed E-state index contributed by atoms with van der Waals surface area (Å²) in [5.41, 5.74) is 2.19. The van der Waals surface area contributed by atoms with E-state index in [4.69, 9.17) is 0 Å². The number of thioether (sulfide) groups is 1. The maximum atomic E-state index is 13.4. The first-order valence-electron chi connectivity index (χ1n) is 7.68. The van der Waals surface area contributed by atoms with Crippen molar-refractivity contribution in [3.8, 4) is 0 Å². The Hall–Kier alpha value is -2.15. The van der Waals surface area contributed by atoms with Gasteiger partial charge < -0.3 is 9.80 Å². The van der Waals surface area contributed by atoms with Gasteiger partial charge in [-0.2, -0.15) is 0 Å². The van der Waals surface area contributed by atoms with Crippen molar-refractivity contribution in [1.29, 1.82) is 0 Å². The van der Waals surface area contributed by atoms with Crippen molar-refractivity contribution in [3.63, 3.8) is 0 Å². The molecule has 0 radical (unpaired) electrons. The van der Waals surface area contributed by atoms with Crippen LogP contribution in [0.4, 0.5) is 18.9 Å². The average molecular weight is 366 g/mol. The van der Waals surface area contributed by atoms with Gasteiger partial charge in [-0.15, -0.1) is 11.8 Å². The number of carbonyl (C=O) groups is 1. The first-order valence-corrected chi connectivity index (χ1v) is 8.73. The van der Waals surface area contributed by atoms with Crippen molar-refractivity contribution in [1.82, 2.24) is 4.90 Å². The fourth-order valence-electron chi connectivity index (χ4n) is 2.73. The van der Waals surface area contributed by atoms with Crippen molar-refractivity contribution in [3.05, 3.63) is 65.0 Å². The normalized spacial score (nSPS) is 17.2. The van der Waals surface area contributed by atoms with Crippen LogP contribution in [0.5, 0.6) is 0 Å². The summed E-state index contributed by atoms with van der Waals surface area (Å²) in [6.07, 6.45) is 0. The van der Waals surface area contributed by atoms with Crippen LogP contribution < -0.4 is 4.90 Å². The molecule has 25 heavy (non-hydrogen) atoms. The summed E-state index contributed by atoms with van der Waals surface area (Å²) >= 11 is 1.46. The highest BCUT2D eigenvalue weighted by Crippen LogP contribution is 2.40. The van der Waals surface area contributed by atoms with Gasteiger partial charge in [0.25, 0.3) is 0 Å². The van der Waals surface area contributed by atoms with E-state index < -0.39 is 17.5 Å². The Balaban J connectivity index is 1.85. The number of benzene rings is 2. The van der Waals surface area contributed by atoms with Gasteiger partial charge in [-0.05, 0) is 35.4 Å². The molecular formula is C18H17F3N2OS.